The number of piperidine rings is 1. The Morgan fingerprint density at radius 2 is 1.90 bits per heavy atom. The van der Waals surface area contributed by atoms with Crippen LogP contribution in [0.5, 0.6) is 0 Å². The van der Waals surface area contributed by atoms with Crippen molar-refractivity contribution in [3.8, 4) is 0 Å². The van der Waals surface area contributed by atoms with E-state index in [1.54, 1.807) is 23.1 Å². The van der Waals surface area contributed by atoms with Crippen LogP contribution in [0.25, 0.3) is 0 Å². The van der Waals surface area contributed by atoms with E-state index >= 15 is 0 Å². The summed E-state index contributed by atoms with van der Waals surface area (Å²) in [7, 11) is 0. The van der Waals surface area contributed by atoms with Crippen LogP contribution in [0.2, 0.25) is 10.0 Å². The first-order valence-corrected chi connectivity index (χ1v) is 7.18. The van der Waals surface area contributed by atoms with Crippen LogP contribution in [0.3, 0.4) is 0 Å². The van der Waals surface area contributed by atoms with E-state index in [9.17, 15) is 9.59 Å². The van der Waals surface area contributed by atoms with Gasteiger partial charge in [0.05, 0.1) is 22.4 Å². The van der Waals surface area contributed by atoms with Crippen molar-refractivity contribution in [2.75, 3.05) is 13.1 Å². The van der Waals surface area contributed by atoms with Crippen molar-refractivity contribution in [2.24, 2.45) is 5.92 Å². The maximum atomic E-state index is 12.2. The maximum absolute atomic E-state index is 12.2. The Labute approximate surface area is 127 Å². The average molecular weight is 316 g/mol. The third kappa shape index (κ3) is 3.44. The number of benzene rings is 1. The maximum Gasteiger partial charge on any atom is 0.306 e. The first kappa shape index (κ1) is 15.1. The number of hydrogen-bond donors (Lipinski definition) is 1. The topological polar surface area (TPSA) is 57.6 Å². The number of nitrogens with zero attached hydrogens (tertiary/aromatic N) is 1. The number of carbonyl (C=O) groups is 2. The summed E-state index contributed by atoms with van der Waals surface area (Å²) in [5.74, 6) is -1.17. The molecule has 1 fully saturated rings. The van der Waals surface area contributed by atoms with Crippen molar-refractivity contribution in [3.05, 3.63) is 33.8 Å². The molecule has 1 amide bonds. The predicted molar refractivity (Wildman–Crippen MR) is 77.1 cm³/mol. The number of amides is 1. The zero-order chi connectivity index (χ0) is 14.7. The Morgan fingerprint density at radius 1 is 1.25 bits per heavy atom. The molecule has 0 bridgehead atoms. The van der Waals surface area contributed by atoms with Gasteiger partial charge in [-0.1, -0.05) is 35.3 Å². The Balaban J connectivity index is 1.96. The number of likely N-dealkylation sites (tertiary alicyclic amines) is 1. The molecule has 108 valence electrons. The van der Waals surface area contributed by atoms with E-state index in [4.69, 9.17) is 28.3 Å². The molecule has 4 nitrogen and oxygen atoms in total. The lowest BCUT2D eigenvalue weighted by atomic mass is 9.96. The highest BCUT2D eigenvalue weighted by atomic mass is 35.5. The first-order chi connectivity index (χ1) is 9.49. The molecule has 20 heavy (non-hydrogen) atoms. The fourth-order valence-electron chi connectivity index (χ4n) is 2.34. The average Bonchev–Trinajstić information content (AvgIpc) is 2.44. The molecule has 6 heteroatoms. The van der Waals surface area contributed by atoms with E-state index in [-0.39, 0.29) is 18.2 Å². The minimum absolute atomic E-state index is 0.0435. The molecule has 0 atom stereocenters. The van der Waals surface area contributed by atoms with Gasteiger partial charge in [-0.2, -0.15) is 0 Å². The zero-order valence-corrected chi connectivity index (χ0v) is 12.3. The van der Waals surface area contributed by atoms with Crippen molar-refractivity contribution < 1.29 is 14.7 Å². The molecule has 1 aromatic carbocycles. The Bertz CT molecular complexity index is 525. The lowest BCUT2D eigenvalue weighted by Gasteiger charge is -2.30. The second-order valence-corrected chi connectivity index (χ2v) is 5.67. The van der Waals surface area contributed by atoms with E-state index in [0.717, 1.165) is 0 Å². The Morgan fingerprint density at radius 3 is 2.50 bits per heavy atom. The molecular weight excluding hydrogens is 301 g/mol. The van der Waals surface area contributed by atoms with E-state index in [0.29, 0.717) is 41.5 Å². The summed E-state index contributed by atoms with van der Waals surface area (Å²) < 4.78 is 0. The second-order valence-electron chi connectivity index (χ2n) is 4.88. The van der Waals surface area contributed by atoms with Gasteiger partial charge in [-0.25, -0.2) is 0 Å². The lowest BCUT2D eigenvalue weighted by Crippen LogP contribution is -2.41. The number of hydrogen-bond acceptors (Lipinski definition) is 2. The van der Waals surface area contributed by atoms with Gasteiger partial charge in [0.2, 0.25) is 5.91 Å². The minimum atomic E-state index is -0.782. The Kier molecular flexibility index (Phi) is 4.89. The van der Waals surface area contributed by atoms with Crippen LogP contribution in [-0.4, -0.2) is 35.0 Å². The molecule has 0 saturated carbocycles. The molecule has 1 aliphatic heterocycles. The molecule has 1 N–H and O–H groups in total. The SMILES string of the molecule is O=C(O)C1CCN(C(=O)Cc2cccc(Cl)c2Cl)CC1. The highest BCUT2D eigenvalue weighted by Crippen LogP contribution is 2.26. The third-order valence-electron chi connectivity index (χ3n) is 3.57. The summed E-state index contributed by atoms with van der Waals surface area (Å²) in [6.07, 6.45) is 1.20. The molecule has 1 saturated heterocycles. The quantitative estimate of drug-likeness (QED) is 0.933. The molecule has 2 rings (SSSR count). The number of halogens is 2. The number of carboxylic acids is 1. The van der Waals surface area contributed by atoms with Gasteiger partial charge >= 0.3 is 5.97 Å². The molecule has 0 aromatic heterocycles. The van der Waals surface area contributed by atoms with Crippen LogP contribution in [-0.2, 0) is 16.0 Å². The van der Waals surface area contributed by atoms with Gasteiger partial charge < -0.3 is 10.0 Å². The van der Waals surface area contributed by atoms with Gasteiger partial charge in [-0.05, 0) is 24.5 Å². The third-order valence-corrected chi connectivity index (χ3v) is 4.43. The minimum Gasteiger partial charge on any atom is -0.481 e. The predicted octanol–water partition coefficient (Wildman–Crippen LogP) is 2.86. The Hall–Kier alpha value is -1.26. The van der Waals surface area contributed by atoms with E-state index in [1.165, 1.54) is 0 Å². The van der Waals surface area contributed by atoms with Gasteiger partial charge in [0.1, 0.15) is 0 Å². The molecule has 1 heterocycles. The fraction of sp³-hybridized carbons (Fsp3) is 0.429. The van der Waals surface area contributed by atoms with E-state index in [2.05, 4.69) is 0 Å². The van der Waals surface area contributed by atoms with Crippen LogP contribution in [0, 0.1) is 5.92 Å². The molecule has 0 spiro atoms. The highest BCUT2D eigenvalue weighted by molar-refractivity contribution is 6.42. The number of carboxylic acid groups (broad SMARTS) is 1. The summed E-state index contributed by atoms with van der Waals surface area (Å²) in [6.45, 7) is 0.960. The summed E-state index contributed by atoms with van der Waals surface area (Å²) >= 11 is 12.0. The summed E-state index contributed by atoms with van der Waals surface area (Å²) in [5.41, 5.74) is 0.699. The number of aliphatic carboxylic acids is 1. The number of rotatable bonds is 3. The lowest BCUT2D eigenvalue weighted by molar-refractivity contribution is -0.145. The van der Waals surface area contributed by atoms with E-state index < -0.39 is 5.97 Å². The molecule has 0 aliphatic carbocycles. The van der Waals surface area contributed by atoms with Crippen LogP contribution in [0.1, 0.15) is 18.4 Å². The summed E-state index contributed by atoms with van der Waals surface area (Å²) in [5, 5.41) is 9.77. The van der Waals surface area contributed by atoms with Gasteiger partial charge in [-0.15, -0.1) is 0 Å². The van der Waals surface area contributed by atoms with E-state index in [1.807, 2.05) is 0 Å². The smallest absolute Gasteiger partial charge is 0.306 e. The van der Waals surface area contributed by atoms with Crippen molar-refractivity contribution in [2.45, 2.75) is 19.3 Å². The summed E-state index contributed by atoms with van der Waals surface area (Å²) in [6, 6.07) is 5.21. The van der Waals surface area contributed by atoms with Crippen LogP contribution in [0.15, 0.2) is 18.2 Å². The molecule has 1 aliphatic rings. The summed E-state index contributed by atoms with van der Waals surface area (Å²) in [4.78, 5) is 24.7. The van der Waals surface area contributed by atoms with Gasteiger partial charge in [0.25, 0.3) is 0 Å². The monoisotopic (exact) mass is 315 g/mol. The fourth-order valence-corrected chi connectivity index (χ4v) is 2.72. The van der Waals surface area contributed by atoms with Gasteiger partial charge in [0.15, 0.2) is 0 Å². The van der Waals surface area contributed by atoms with Crippen molar-refractivity contribution in [1.29, 1.82) is 0 Å². The molecule has 0 unspecified atom stereocenters. The zero-order valence-electron chi connectivity index (χ0n) is 10.8. The molecule has 1 aromatic rings. The van der Waals surface area contributed by atoms with Crippen molar-refractivity contribution >= 4 is 35.1 Å². The molecular formula is C14H15Cl2NO3. The first-order valence-electron chi connectivity index (χ1n) is 6.42. The van der Waals surface area contributed by atoms with Crippen LogP contribution in [0.4, 0.5) is 0 Å². The van der Waals surface area contributed by atoms with Crippen molar-refractivity contribution in [3.63, 3.8) is 0 Å². The van der Waals surface area contributed by atoms with Crippen LogP contribution >= 0.6 is 23.2 Å². The highest BCUT2D eigenvalue weighted by Gasteiger charge is 2.27. The molecule has 0 radical (unpaired) electrons. The van der Waals surface area contributed by atoms with Crippen molar-refractivity contribution in [1.82, 2.24) is 4.90 Å². The number of carbonyl (C=O) groups excluding carboxylic acids is 1. The van der Waals surface area contributed by atoms with Crippen LogP contribution < -0.4 is 0 Å². The normalized spacial score (nSPS) is 16.2. The van der Waals surface area contributed by atoms with Gasteiger partial charge in [0, 0.05) is 13.1 Å². The van der Waals surface area contributed by atoms with Gasteiger partial charge in [-0.3, -0.25) is 9.59 Å². The standard InChI is InChI=1S/C14H15Cl2NO3/c15-11-3-1-2-10(13(11)16)8-12(18)17-6-4-9(5-7-17)14(19)20/h1-3,9H,4-8H2,(H,19,20). The largest absolute Gasteiger partial charge is 0.481 e. The second kappa shape index (κ2) is 6.46.